The van der Waals surface area contributed by atoms with Crippen LogP contribution in [0.5, 0.6) is 5.75 Å². The van der Waals surface area contributed by atoms with Crippen molar-refractivity contribution >= 4 is 23.3 Å². The van der Waals surface area contributed by atoms with Crippen molar-refractivity contribution in [1.29, 1.82) is 0 Å². The minimum Gasteiger partial charge on any atom is -0.490 e. The highest BCUT2D eigenvalue weighted by Crippen LogP contribution is 2.24. The van der Waals surface area contributed by atoms with Crippen LogP contribution in [-0.2, 0) is 0 Å². The molecule has 0 saturated carbocycles. The summed E-state index contributed by atoms with van der Waals surface area (Å²) in [6.45, 7) is 2.50. The molecular formula is C16H16ClFN2O2. The maximum absolute atomic E-state index is 12.9. The predicted molar refractivity (Wildman–Crippen MR) is 85.1 cm³/mol. The highest BCUT2D eigenvalue weighted by Gasteiger charge is 2.04. The van der Waals surface area contributed by atoms with Crippen LogP contribution in [0, 0.1) is 12.7 Å². The van der Waals surface area contributed by atoms with Crippen LogP contribution in [0.3, 0.4) is 0 Å². The molecule has 2 amide bonds. The smallest absolute Gasteiger partial charge is 0.319 e. The molecule has 0 aromatic heterocycles. The van der Waals surface area contributed by atoms with Gasteiger partial charge in [-0.1, -0.05) is 29.3 Å². The summed E-state index contributed by atoms with van der Waals surface area (Å²) >= 11 is 5.83. The Morgan fingerprint density at radius 3 is 2.64 bits per heavy atom. The fourth-order valence-corrected chi connectivity index (χ4v) is 1.95. The first-order valence-corrected chi connectivity index (χ1v) is 7.12. The van der Waals surface area contributed by atoms with Crippen LogP contribution < -0.4 is 15.4 Å². The number of benzene rings is 2. The SMILES string of the molecule is Cc1ccc(NC(=O)NCCOc2ccc(F)cc2Cl)cc1. The Morgan fingerprint density at radius 2 is 1.95 bits per heavy atom. The van der Waals surface area contributed by atoms with E-state index in [1.54, 1.807) is 0 Å². The number of aryl methyl sites for hydroxylation is 1. The molecule has 2 rings (SSSR count). The van der Waals surface area contributed by atoms with Gasteiger partial charge in [-0.25, -0.2) is 9.18 Å². The van der Waals surface area contributed by atoms with Gasteiger partial charge in [0.1, 0.15) is 18.2 Å². The Bertz CT molecular complexity index is 647. The highest BCUT2D eigenvalue weighted by atomic mass is 35.5. The zero-order chi connectivity index (χ0) is 15.9. The Hall–Kier alpha value is -2.27. The third-order valence-corrected chi connectivity index (χ3v) is 3.14. The standard InChI is InChI=1S/C16H16ClFN2O2/c1-11-2-5-13(6-3-11)20-16(21)19-8-9-22-15-7-4-12(18)10-14(15)17/h2-7,10H,8-9H2,1H3,(H2,19,20,21). The predicted octanol–water partition coefficient (Wildman–Crippen LogP) is 3.99. The van der Waals surface area contributed by atoms with Gasteiger partial charge in [0.2, 0.25) is 0 Å². The quantitative estimate of drug-likeness (QED) is 0.818. The molecule has 0 spiro atoms. The van der Waals surface area contributed by atoms with Crippen LogP contribution in [0.1, 0.15) is 5.56 Å². The number of carbonyl (C=O) groups excluding carboxylic acids is 1. The van der Waals surface area contributed by atoms with Crippen LogP contribution >= 0.6 is 11.6 Å². The molecule has 0 unspecified atom stereocenters. The van der Waals surface area contributed by atoms with Gasteiger partial charge in [0, 0.05) is 5.69 Å². The molecule has 0 bridgehead atoms. The molecule has 0 aliphatic rings. The van der Waals surface area contributed by atoms with Crippen molar-refractivity contribution in [2.24, 2.45) is 0 Å². The number of anilines is 1. The summed E-state index contributed by atoms with van der Waals surface area (Å²) in [6, 6.07) is 11.0. The van der Waals surface area contributed by atoms with Gasteiger partial charge in [0.15, 0.2) is 0 Å². The number of nitrogens with one attached hydrogen (secondary N) is 2. The van der Waals surface area contributed by atoms with E-state index in [9.17, 15) is 9.18 Å². The molecule has 0 aliphatic heterocycles. The highest BCUT2D eigenvalue weighted by molar-refractivity contribution is 6.32. The summed E-state index contributed by atoms with van der Waals surface area (Å²) in [7, 11) is 0. The van der Waals surface area contributed by atoms with Gasteiger partial charge < -0.3 is 15.4 Å². The van der Waals surface area contributed by atoms with Gasteiger partial charge in [-0.15, -0.1) is 0 Å². The van der Waals surface area contributed by atoms with Crippen molar-refractivity contribution in [2.45, 2.75) is 6.92 Å². The van der Waals surface area contributed by atoms with Crippen molar-refractivity contribution in [1.82, 2.24) is 5.32 Å². The van der Waals surface area contributed by atoms with E-state index < -0.39 is 5.82 Å². The lowest BCUT2D eigenvalue weighted by atomic mass is 10.2. The minimum atomic E-state index is -0.423. The zero-order valence-electron chi connectivity index (χ0n) is 12.0. The second-order valence-corrected chi connectivity index (χ2v) is 5.08. The van der Waals surface area contributed by atoms with Crippen LogP contribution in [0.4, 0.5) is 14.9 Å². The van der Waals surface area contributed by atoms with Gasteiger partial charge in [-0.3, -0.25) is 0 Å². The Balaban J connectivity index is 1.72. The van der Waals surface area contributed by atoms with Crippen molar-refractivity contribution < 1.29 is 13.9 Å². The first-order chi connectivity index (χ1) is 10.5. The molecule has 22 heavy (non-hydrogen) atoms. The Morgan fingerprint density at radius 1 is 1.23 bits per heavy atom. The zero-order valence-corrected chi connectivity index (χ0v) is 12.8. The Labute approximate surface area is 133 Å². The molecule has 0 aliphatic carbocycles. The first kappa shape index (κ1) is 16.1. The summed E-state index contributed by atoms with van der Waals surface area (Å²) in [4.78, 5) is 11.7. The molecule has 2 aromatic carbocycles. The topological polar surface area (TPSA) is 50.4 Å². The van der Waals surface area contributed by atoms with E-state index >= 15 is 0 Å². The van der Waals surface area contributed by atoms with Crippen molar-refractivity contribution in [3.8, 4) is 5.75 Å². The second-order valence-electron chi connectivity index (χ2n) is 4.67. The fraction of sp³-hybridized carbons (Fsp3) is 0.188. The van der Waals surface area contributed by atoms with E-state index in [1.165, 1.54) is 18.2 Å². The molecule has 0 saturated heterocycles. The monoisotopic (exact) mass is 322 g/mol. The van der Waals surface area contributed by atoms with E-state index in [2.05, 4.69) is 10.6 Å². The Kier molecular flexibility index (Phi) is 5.61. The summed E-state index contributed by atoms with van der Waals surface area (Å²) in [5.41, 5.74) is 1.83. The van der Waals surface area contributed by atoms with Crippen molar-refractivity contribution in [3.63, 3.8) is 0 Å². The molecule has 6 heteroatoms. The van der Waals surface area contributed by atoms with E-state index in [4.69, 9.17) is 16.3 Å². The van der Waals surface area contributed by atoms with Gasteiger partial charge in [-0.05, 0) is 37.3 Å². The van der Waals surface area contributed by atoms with Crippen LogP contribution in [0.15, 0.2) is 42.5 Å². The van der Waals surface area contributed by atoms with Crippen LogP contribution in [0.2, 0.25) is 5.02 Å². The summed E-state index contributed by atoms with van der Waals surface area (Å²) < 4.78 is 18.2. The number of urea groups is 1. The van der Waals surface area contributed by atoms with Crippen LogP contribution in [0.25, 0.3) is 0 Å². The molecular weight excluding hydrogens is 307 g/mol. The maximum atomic E-state index is 12.9. The number of hydrogen-bond acceptors (Lipinski definition) is 2. The van der Waals surface area contributed by atoms with E-state index in [0.717, 1.165) is 5.56 Å². The van der Waals surface area contributed by atoms with Crippen molar-refractivity contribution in [2.75, 3.05) is 18.5 Å². The molecule has 0 radical (unpaired) electrons. The fourth-order valence-electron chi connectivity index (χ4n) is 1.73. The van der Waals surface area contributed by atoms with E-state index in [0.29, 0.717) is 18.0 Å². The van der Waals surface area contributed by atoms with Crippen molar-refractivity contribution in [3.05, 3.63) is 58.9 Å². The van der Waals surface area contributed by atoms with E-state index in [1.807, 2.05) is 31.2 Å². The van der Waals surface area contributed by atoms with Gasteiger partial charge >= 0.3 is 6.03 Å². The second kappa shape index (κ2) is 7.66. The third kappa shape index (κ3) is 4.93. The number of ether oxygens (including phenoxy) is 1. The molecule has 0 fully saturated rings. The number of halogens is 2. The first-order valence-electron chi connectivity index (χ1n) is 6.74. The molecule has 0 atom stereocenters. The lowest BCUT2D eigenvalue weighted by Crippen LogP contribution is -2.32. The molecule has 2 N–H and O–H groups in total. The minimum absolute atomic E-state index is 0.198. The molecule has 116 valence electrons. The summed E-state index contributed by atoms with van der Waals surface area (Å²) in [5.74, 6) is -0.0447. The number of amides is 2. The van der Waals surface area contributed by atoms with Gasteiger partial charge in [0.05, 0.1) is 11.6 Å². The normalized spacial score (nSPS) is 10.1. The average Bonchev–Trinajstić information content (AvgIpc) is 2.48. The van der Waals surface area contributed by atoms with Crippen LogP contribution in [-0.4, -0.2) is 19.2 Å². The number of rotatable bonds is 5. The lowest BCUT2D eigenvalue weighted by molar-refractivity contribution is 0.247. The molecule has 0 heterocycles. The van der Waals surface area contributed by atoms with Gasteiger partial charge in [-0.2, -0.15) is 0 Å². The molecule has 4 nitrogen and oxygen atoms in total. The number of hydrogen-bond donors (Lipinski definition) is 2. The largest absolute Gasteiger partial charge is 0.490 e. The average molecular weight is 323 g/mol. The molecule has 2 aromatic rings. The summed E-state index contributed by atoms with van der Waals surface area (Å²) in [6.07, 6.45) is 0. The van der Waals surface area contributed by atoms with Gasteiger partial charge in [0.25, 0.3) is 0 Å². The maximum Gasteiger partial charge on any atom is 0.319 e. The van der Waals surface area contributed by atoms with E-state index in [-0.39, 0.29) is 17.7 Å². The third-order valence-electron chi connectivity index (χ3n) is 2.85. The number of carbonyl (C=O) groups is 1. The summed E-state index contributed by atoms with van der Waals surface area (Å²) in [5, 5.41) is 5.56. The lowest BCUT2D eigenvalue weighted by Gasteiger charge is -2.10.